The van der Waals surface area contributed by atoms with Gasteiger partial charge in [-0.05, 0) is 18.4 Å². The highest BCUT2D eigenvalue weighted by atomic mass is 19.1. The highest BCUT2D eigenvalue weighted by Crippen LogP contribution is 2.33. The average Bonchev–Trinajstić information content (AvgIpc) is 2.89. The van der Waals surface area contributed by atoms with Crippen LogP contribution in [-0.4, -0.2) is 30.6 Å². The number of fused-ring (bicyclic) bond motifs is 1. The summed E-state index contributed by atoms with van der Waals surface area (Å²) < 4.78 is 13.4. The molecule has 1 aromatic carbocycles. The molecule has 96 valence electrons. The number of benzene rings is 1. The molecule has 2 saturated heterocycles. The van der Waals surface area contributed by atoms with Crippen molar-refractivity contribution < 1.29 is 9.31 Å². The lowest BCUT2D eigenvalue weighted by atomic mass is 10.0. The quantitative estimate of drug-likeness (QED) is 0.639. The average molecular weight is 251 g/mol. The van der Waals surface area contributed by atoms with Crippen LogP contribution in [0, 0.1) is 21.8 Å². The van der Waals surface area contributed by atoms with Crippen molar-refractivity contribution in [1.29, 1.82) is 0 Å². The maximum absolute atomic E-state index is 13.4. The van der Waals surface area contributed by atoms with Gasteiger partial charge in [-0.3, -0.25) is 10.1 Å². The molecule has 0 aromatic heterocycles. The lowest BCUT2D eigenvalue weighted by Gasteiger charge is -2.25. The summed E-state index contributed by atoms with van der Waals surface area (Å²) in [6, 6.07) is 4.15. The van der Waals surface area contributed by atoms with Gasteiger partial charge in [-0.1, -0.05) is 0 Å². The van der Waals surface area contributed by atoms with E-state index in [0.717, 1.165) is 32.1 Å². The predicted octanol–water partition coefficient (Wildman–Crippen LogP) is 1.53. The van der Waals surface area contributed by atoms with Crippen molar-refractivity contribution in [3.05, 3.63) is 34.1 Å². The van der Waals surface area contributed by atoms with Gasteiger partial charge in [0, 0.05) is 37.4 Å². The summed E-state index contributed by atoms with van der Waals surface area (Å²) in [5, 5.41) is 14.1. The molecule has 0 spiro atoms. The fourth-order valence-corrected chi connectivity index (χ4v) is 3.00. The molecule has 0 radical (unpaired) electrons. The Hall–Kier alpha value is -1.69. The summed E-state index contributed by atoms with van der Waals surface area (Å²) in [6.45, 7) is 2.70. The van der Waals surface area contributed by atoms with E-state index < -0.39 is 10.7 Å². The number of nitro benzene ring substituents is 1. The van der Waals surface area contributed by atoms with Crippen LogP contribution in [0.1, 0.15) is 6.42 Å². The summed E-state index contributed by atoms with van der Waals surface area (Å²) in [6.07, 6.45) is 1.06. The molecule has 0 aliphatic carbocycles. The van der Waals surface area contributed by atoms with Crippen LogP contribution < -0.4 is 10.2 Å². The zero-order valence-electron chi connectivity index (χ0n) is 9.80. The Morgan fingerprint density at radius 3 is 3.00 bits per heavy atom. The fraction of sp³-hybridized carbons (Fsp3) is 0.500. The lowest BCUT2D eigenvalue weighted by Crippen LogP contribution is -2.34. The summed E-state index contributed by atoms with van der Waals surface area (Å²) >= 11 is 0. The van der Waals surface area contributed by atoms with E-state index in [4.69, 9.17) is 0 Å². The Balaban J connectivity index is 1.94. The van der Waals surface area contributed by atoms with E-state index >= 15 is 0 Å². The van der Waals surface area contributed by atoms with Crippen LogP contribution in [0.3, 0.4) is 0 Å². The number of anilines is 1. The van der Waals surface area contributed by atoms with E-state index in [1.807, 2.05) is 0 Å². The van der Waals surface area contributed by atoms with Crippen LogP contribution in [0.15, 0.2) is 18.2 Å². The van der Waals surface area contributed by atoms with Crippen molar-refractivity contribution >= 4 is 11.4 Å². The normalized spacial score (nSPS) is 26.4. The number of hydrogen-bond acceptors (Lipinski definition) is 4. The molecule has 2 aliphatic heterocycles. The number of nitrogens with one attached hydrogen (secondary N) is 1. The van der Waals surface area contributed by atoms with Gasteiger partial charge in [0.05, 0.1) is 11.0 Å². The molecule has 2 heterocycles. The third kappa shape index (κ3) is 1.82. The summed E-state index contributed by atoms with van der Waals surface area (Å²) in [7, 11) is 0. The zero-order chi connectivity index (χ0) is 12.7. The Labute approximate surface area is 104 Å². The zero-order valence-corrected chi connectivity index (χ0v) is 9.80. The smallest absolute Gasteiger partial charge is 0.274 e. The second kappa shape index (κ2) is 4.20. The topological polar surface area (TPSA) is 58.4 Å². The van der Waals surface area contributed by atoms with Crippen molar-refractivity contribution in [2.75, 3.05) is 24.5 Å². The van der Waals surface area contributed by atoms with Gasteiger partial charge in [0.1, 0.15) is 5.82 Å². The van der Waals surface area contributed by atoms with Gasteiger partial charge in [-0.25, -0.2) is 4.39 Å². The largest absolute Gasteiger partial charge is 0.367 e. The number of non-ortho nitro benzene ring substituents is 1. The lowest BCUT2D eigenvalue weighted by molar-refractivity contribution is -0.385. The van der Waals surface area contributed by atoms with Gasteiger partial charge in [0.15, 0.2) is 0 Å². The van der Waals surface area contributed by atoms with Gasteiger partial charge in [0.2, 0.25) is 0 Å². The Bertz CT molecular complexity index is 494. The molecule has 3 rings (SSSR count). The molecule has 2 fully saturated rings. The molecule has 0 unspecified atom stereocenters. The number of nitro groups is 1. The number of nitrogens with zero attached hydrogens (tertiary/aromatic N) is 2. The SMILES string of the molecule is O=[N+]([O-])c1cc(F)cc(N2CC[C@H]3CNC[C@H]32)c1. The second-order valence-electron chi connectivity index (χ2n) is 4.89. The van der Waals surface area contributed by atoms with Gasteiger partial charge in [-0.2, -0.15) is 0 Å². The van der Waals surface area contributed by atoms with Gasteiger partial charge >= 0.3 is 0 Å². The van der Waals surface area contributed by atoms with Crippen molar-refractivity contribution in [3.8, 4) is 0 Å². The third-order valence-electron chi connectivity index (χ3n) is 3.86. The number of rotatable bonds is 2. The minimum Gasteiger partial charge on any atom is -0.367 e. The van der Waals surface area contributed by atoms with Crippen LogP contribution >= 0.6 is 0 Å². The highest BCUT2D eigenvalue weighted by Gasteiger charge is 2.38. The molecule has 18 heavy (non-hydrogen) atoms. The standard InChI is InChI=1S/C12H14FN3O2/c13-9-3-10(5-11(4-9)16(17)18)15-2-1-8-6-14-7-12(8)15/h3-5,8,12,14H,1-2,6-7H2/t8-,12+/m0/s1. The highest BCUT2D eigenvalue weighted by molar-refractivity contribution is 5.55. The number of hydrogen-bond donors (Lipinski definition) is 1. The number of halogens is 1. The van der Waals surface area contributed by atoms with Crippen molar-refractivity contribution in [3.63, 3.8) is 0 Å². The molecule has 0 saturated carbocycles. The van der Waals surface area contributed by atoms with E-state index in [1.165, 1.54) is 12.1 Å². The predicted molar refractivity (Wildman–Crippen MR) is 65.2 cm³/mol. The molecular formula is C12H14FN3O2. The van der Waals surface area contributed by atoms with Crippen LogP contribution in [0.2, 0.25) is 0 Å². The molecule has 2 atom stereocenters. The van der Waals surface area contributed by atoms with E-state index in [2.05, 4.69) is 10.2 Å². The van der Waals surface area contributed by atoms with Gasteiger partial charge < -0.3 is 10.2 Å². The van der Waals surface area contributed by atoms with Crippen molar-refractivity contribution in [2.45, 2.75) is 12.5 Å². The minimum absolute atomic E-state index is 0.181. The van der Waals surface area contributed by atoms with Gasteiger partial charge in [-0.15, -0.1) is 0 Å². The van der Waals surface area contributed by atoms with Crippen LogP contribution in [0.25, 0.3) is 0 Å². The first-order valence-electron chi connectivity index (χ1n) is 6.07. The third-order valence-corrected chi connectivity index (χ3v) is 3.86. The molecule has 0 bridgehead atoms. The minimum atomic E-state index is -0.549. The van der Waals surface area contributed by atoms with Crippen molar-refractivity contribution in [1.82, 2.24) is 5.32 Å². The molecular weight excluding hydrogens is 237 g/mol. The first-order valence-corrected chi connectivity index (χ1v) is 6.07. The van der Waals surface area contributed by atoms with E-state index in [9.17, 15) is 14.5 Å². The molecule has 0 amide bonds. The monoisotopic (exact) mass is 251 g/mol. The summed E-state index contributed by atoms with van der Waals surface area (Å²) in [5.74, 6) is 0.0286. The summed E-state index contributed by atoms with van der Waals surface area (Å²) in [5.41, 5.74) is 0.442. The Morgan fingerprint density at radius 1 is 1.39 bits per heavy atom. The second-order valence-corrected chi connectivity index (χ2v) is 4.89. The molecule has 2 aliphatic rings. The van der Waals surface area contributed by atoms with Crippen LogP contribution in [0.5, 0.6) is 0 Å². The first-order chi connectivity index (χ1) is 8.65. The van der Waals surface area contributed by atoms with E-state index in [-0.39, 0.29) is 5.69 Å². The van der Waals surface area contributed by atoms with E-state index in [0.29, 0.717) is 17.6 Å². The molecule has 1 N–H and O–H groups in total. The Morgan fingerprint density at radius 2 is 2.22 bits per heavy atom. The van der Waals surface area contributed by atoms with Crippen molar-refractivity contribution in [2.24, 2.45) is 5.92 Å². The summed E-state index contributed by atoms with van der Waals surface area (Å²) in [4.78, 5) is 12.3. The molecule has 5 nitrogen and oxygen atoms in total. The fourth-order valence-electron chi connectivity index (χ4n) is 3.00. The van der Waals surface area contributed by atoms with Gasteiger partial charge in [0.25, 0.3) is 5.69 Å². The Kier molecular flexibility index (Phi) is 2.66. The van der Waals surface area contributed by atoms with E-state index in [1.54, 1.807) is 0 Å². The van der Waals surface area contributed by atoms with Crippen LogP contribution in [0.4, 0.5) is 15.8 Å². The maximum atomic E-state index is 13.4. The molecule has 6 heteroatoms. The van der Waals surface area contributed by atoms with Crippen LogP contribution in [-0.2, 0) is 0 Å². The molecule has 1 aromatic rings. The first kappa shape index (κ1) is 11.4. The maximum Gasteiger partial charge on any atom is 0.274 e.